The highest BCUT2D eigenvalue weighted by Crippen LogP contribution is 2.25. The second-order valence-corrected chi connectivity index (χ2v) is 8.45. The molecule has 4 aromatic rings. The fourth-order valence-corrected chi connectivity index (χ4v) is 3.80. The van der Waals surface area contributed by atoms with Crippen molar-refractivity contribution in [2.75, 3.05) is 11.9 Å². The van der Waals surface area contributed by atoms with Gasteiger partial charge < -0.3 is 15.7 Å². The first-order chi connectivity index (χ1) is 17.9. The van der Waals surface area contributed by atoms with Gasteiger partial charge in [-0.1, -0.05) is 41.9 Å². The summed E-state index contributed by atoms with van der Waals surface area (Å²) in [5.41, 5.74) is 2.29. The van der Waals surface area contributed by atoms with Crippen LogP contribution in [0.4, 0.5) is 10.1 Å². The summed E-state index contributed by atoms with van der Waals surface area (Å²) in [6.07, 6.45) is 4.39. The second-order valence-electron chi connectivity index (χ2n) is 8.04. The zero-order valence-electron chi connectivity index (χ0n) is 19.4. The van der Waals surface area contributed by atoms with E-state index >= 15 is 0 Å². The minimum Gasteiger partial charge on any atom is -0.478 e. The fraction of sp³-hybridized carbons (Fsp3) is 0.115. The summed E-state index contributed by atoms with van der Waals surface area (Å²) in [4.78, 5) is 23.9. The smallest absolute Gasteiger partial charge is 0.335 e. The predicted molar refractivity (Wildman–Crippen MR) is 137 cm³/mol. The van der Waals surface area contributed by atoms with Crippen molar-refractivity contribution in [3.05, 3.63) is 107 Å². The van der Waals surface area contributed by atoms with E-state index in [0.29, 0.717) is 24.3 Å². The number of carboxylic acids is 1. The maximum absolute atomic E-state index is 14.8. The number of halogens is 2. The molecule has 1 atom stereocenters. The quantitative estimate of drug-likeness (QED) is 0.270. The first-order valence-electron chi connectivity index (χ1n) is 11.2. The summed E-state index contributed by atoms with van der Waals surface area (Å²) in [7, 11) is 0. The number of hydrogen-bond acceptors (Lipinski definition) is 6. The highest BCUT2D eigenvalue weighted by atomic mass is 35.5. The van der Waals surface area contributed by atoms with Crippen molar-refractivity contribution in [3.63, 3.8) is 0 Å². The third-order valence-electron chi connectivity index (χ3n) is 5.46. The molecule has 0 aliphatic carbocycles. The molecule has 0 aliphatic heterocycles. The molecule has 0 unspecified atom stereocenters. The highest BCUT2D eigenvalue weighted by molar-refractivity contribution is 6.31. The molecule has 0 saturated carbocycles. The normalized spacial score (nSPS) is 11.8. The van der Waals surface area contributed by atoms with E-state index in [-0.39, 0.29) is 22.2 Å². The molecular weight excluding hydrogens is 499 g/mol. The molecule has 0 fully saturated rings. The van der Waals surface area contributed by atoms with Crippen LogP contribution in [0.1, 0.15) is 21.5 Å². The first kappa shape index (κ1) is 25.5. The maximum atomic E-state index is 14.8. The van der Waals surface area contributed by atoms with E-state index in [9.17, 15) is 14.0 Å². The zero-order valence-corrected chi connectivity index (χ0v) is 20.1. The number of carboxylic acid groups (broad SMARTS) is 1. The first-order valence-corrected chi connectivity index (χ1v) is 11.6. The number of nitrogens with one attached hydrogen (secondary N) is 2. The van der Waals surface area contributed by atoms with Crippen LogP contribution in [0.3, 0.4) is 0 Å². The summed E-state index contributed by atoms with van der Waals surface area (Å²) >= 11 is 5.95. The van der Waals surface area contributed by atoms with Gasteiger partial charge in [0, 0.05) is 23.9 Å². The maximum Gasteiger partial charge on any atom is 0.335 e. The highest BCUT2D eigenvalue weighted by Gasteiger charge is 2.15. The lowest BCUT2D eigenvalue weighted by atomic mass is 10.1. The Kier molecular flexibility index (Phi) is 8.22. The largest absolute Gasteiger partial charge is 0.478 e. The van der Waals surface area contributed by atoms with Crippen molar-refractivity contribution in [2.24, 2.45) is 0 Å². The summed E-state index contributed by atoms with van der Waals surface area (Å²) in [5, 5.41) is 26.0. The number of amides is 1. The average Bonchev–Trinajstić information content (AvgIpc) is 3.44. The van der Waals surface area contributed by atoms with Crippen LogP contribution >= 0.6 is 11.6 Å². The molecule has 9 nitrogen and oxygen atoms in total. The van der Waals surface area contributed by atoms with Gasteiger partial charge in [-0.15, -0.1) is 5.10 Å². The van der Waals surface area contributed by atoms with Crippen LogP contribution in [0.2, 0.25) is 5.02 Å². The molecule has 1 amide bonds. The summed E-state index contributed by atoms with van der Waals surface area (Å²) in [5.74, 6) is -2.15. The molecule has 1 aromatic heterocycles. The van der Waals surface area contributed by atoms with E-state index < -0.39 is 17.7 Å². The van der Waals surface area contributed by atoms with Crippen molar-refractivity contribution in [2.45, 2.75) is 12.5 Å². The summed E-state index contributed by atoms with van der Waals surface area (Å²) < 4.78 is 16.1. The van der Waals surface area contributed by atoms with E-state index in [0.717, 1.165) is 5.56 Å². The van der Waals surface area contributed by atoms with Crippen LogP contribution in [0.5, 0.6) is 0 Å². The molecule has 0 bridgehead atoms. The lowest BCUT2D eigenvalue weighted by Crippen LogP contribution is -2.40. The van der Waals surface area contributed by atoms with Crippen molar-refractivity contribution < 1.29 is 19.1 Å². The molecule has 11 heteroatoms. The number of anilines is 1. The Morgan fingerprint density at radius 3 is 2.51 bits per heavy atom. The number of rotatable bonds is 10. The molecule has 188 valence electrons. The van der Waals surface area contributed by atoms with E-state index in [1.807, 2.05) is 30.3 Å². The molecule has 0 radical (unpaired) electrons. The van der Waals surface area contributed by atoms with Crippen LogP contribution < -0.4 is 10.6 Å². The molecule has 37 heavy (non-hydrogen) atoms. The molecule has 4 rings (SSSR count). The number of aromatic nitrogens is 4. The lowest BCUT2D eigenvalue weighted by molar-refractivity contribution is -0.117. The fourth-order valence-electron chi connectivity index (χ4n) is 3.64. The van der Waals surface area contributed by atoms with Crippen LogP contribution in [-0.4, -0.2) is 49.8 Å². The second kappa shape index (κ2) is 11.9. The zero-order chi connectivity index (χ0) is 26.2. The van der Waals surface area contributed by atoms with Crippen molar-refractivity contribution in [1.29, 1.82) is 0 Å². The van der Waals surface area contributed by atoms with Crippen LogP contribution in [0.15, 0.2) is 79.1 Å². The van der Waals surface area contributed by atoms with Crippen LogP contribution in [0, 0.1) is 5.82 Å². The van der Waals surface area contributed by atoms with Crippen LogP contribution in [0.25, 0.3) is 11.8 Å². The number of carbonyl (C=O) groups excluding carboxylic acids is 1. The number of nitrogens with zero attached hydrogens (tertiary/aromatic N) is 4. The van der Waals surface area contributed by atoms with Crippen LogP contribution in [-0.2, 0) is 11.2 Å². The van der Waals surface area contributed by atoms with E-state index in [2.05, 4.69) is 26.2 Å². The number of aromatic carboxylic acids is 1. The monoisotopic (exact) mass is 520 g/mol. The number of tetrazole rings is 1. The van der Waals surface area contributed by atoms with E-state index in [4.69, 9.17) is 16.7 Å². The van der Waals surface area contributed by atoms with Gasteiger partial charge >= 0.3 is 5.97 Å². The predicted octanol–water partition coefficient (Wildman–Crippen LogP) is 4.01. The summed E-state index contributed by atoms with van der Waals surface area (Å²) in [6.45, 7) is 0.363. The lowest BCUT2D eigenvalue weighted by Gasteiger charge is -2.20. The van der Waals surface area contributed by atoms with E-state index in [1.165, 1.54) is 41.4 Å². The Morgan fingerprint density at radius 2 is 1.84 bits per heavy atom. The number of hydrogen-bond donors (Lipinski definition) is 3. The minimum atomic E-state index is -1.01. The number of carbonyl (C=O) groups is 2. The van der Waals surface area contributed by atoms with Gasteiger partial charge in [-0.3, -0.25) is 4.79 Å². The van der Waals surface area contributed by atoms with Gasteiger partial charge in [-0.05, 0) is 64.9 Å². The third kappa shape index (κ3) is 6.77. The molecule has 0 saturated heterocycles. The SMILES string of the molecule is O=C(/C=C/c1c(-n2cnnn2)ccc(Cl)c1F)N[C@H](CNc1ccc(C(=O)O)cc1)Cc1ccccc1. The van der Waals surface area contributed by atoms with Gasteiger partial charge in [0.2, 0.25) is 5.91 Å². The Bertz CT molecular complexity index is 1400. The molecule has 1 heterocycles. The van der Waals surface area contributed by atoms with Crippen molar-refractivity contribution in [3.8, 4) is 5.69 Å². The minimum absolute atomic E-state index is 0.0613. The van der Waals surface area contributed by atoms with Crippen molar-refractivity contribution >= 4 is 35.2 Å². The molecule has 0 aliphatic rings. The Morgan fingerprint density at radius 1 is 1.08 bits per heavy atom. The number of benzene rings is 3. The van der Waals surface area contributed by atoms with Gasteiger partial charge in [0.1, 0.15) is 6.33 Å². The average molecular weight is 521 g/mol. The molecule has 0 spiro atoms. The van der Waals surface area contributed by atoms with E-state index in [1.54, 1.807) is 18.2 Å². The van der Waals surface area contributed by atoms with Gasteiger partial charge in [0.05, 0.1) is 22.3 Å². The van der Waals surface area contributed by atoms with Gasteiger partial charge in [-0.25, -0.2) is 9.18 Å². The van der Waals surface area contributed by atoms with Gasteiger partial charge in [0.25, 0.3) is 0 Å². The Hall–Kier alpha value is -4.57. The van der Waals surface area contributed by atoms with Crippen molar-refractivity contribution in [1.82, 2.24) is 25.5 Å². The standard InChI is InChI=1S/C26H22ClFN6O3/c27-22-11-12-23(34-16-30-32-33-34)21(25(22)28)10-13-24(35)31-20(14-17-4-2-1-3-5-17)15-29-19-8-6-18(7-9-19)26(36)37/h1-13,16,20,29H,14-15H2,(H,31,35)(H,36,37)/b13-10+/t20-/m0/s1. The molecule has 3 aromatic carbocycles. The summed E-state index contributed by atoms with van der Waals surface area (Å²) in [6, 6.07) is 18.6. The topological polar surface area (TPSA) is 122 Å². The van der Waals surface area contributed by atoms with Gasteiger partial charge in [0.15, 0.2) is 5.82 Å². The Balaban J connectivity index is 1.50. The third-order valence-corrected chi connectivity index (χ3v) is 5.75. The molecular formula is C26H22ClFN6O3. The van der Waals surface area contributed by atoms with Gasteiger partial charge in [-0.2, -0.15) is 4.68 Å². The Labute approximate surface area is 216 Å². The molecule has 3 N–H and O–H groups in total.